The molecule has 0 N–H and O–H groups in total. The number of hydrogen-bond acceptors (Lipinski definition) is 0. The van der Waals surface area contributed by atoms with Crippen molar-refractivity contribution in [3.63, 3.8) is 0 Å². The van der Waals surface area contributed by atoms with Crippen LogP contribution in [0.3, 0.4) is 0 Å². The van der Waals surface area contributed by atoms with E-state index in [0.717, 1.165) is 0 Å². The second-order valence-corrected chi connectivity index (χ2v) is 5.47. The fraction of sp³-hybridized carbons (Fsp3) is 0.400. The first-order valence-corrected chi connectivity index (χ1v) is 7.75. The summed E-state index contributed by atoms with van der Waals surface area (Å²) in [6.07, 6.45) is 0. The van der Waals surface area contributed by atoms with Gasteiger partial charge >= 0.3 is 0 Å². The molecular weight excluding hydrogens is 240 g/mol. The Morgan fingerprint density at radius 1 is 0.800 bits per heavy atom. The highest BCUT2D eigenvalue weighted by atomic mass is 14.2. The summed E-state index contributed by atoms with van der Waals surface area (Å²) >= 11 is 0. The van der Waals surface area contributed by atoms with Crippen molar-refractivity contribution in [3.05, 3.63) is 59.7 Å². The van der Waals surface area contributed by atoms with Crippen LogP contribution in [-0.4, -0.2) is 0 Å². The monoisotopic (exact) mass is 268 g/mol. The van der Waals surface area contributed by atoms with Crippen LogP contribution in [0.5, 0.6) is 0 Å². The Morgan fingerprint density at radius 2 is 1.40 bits per heavy atom. The molecule has 0 aliphatic heterocycles. The maximum Gasteiger partial charge on any atom is -0.0155 e. The van der Waals surface area contributed by atoms with Crippen LogP contribution in [0.4, 0.5) is 0 Å². The van der Waals surface area contributed by atoms with Crippen molar-refractivity contribution in [2.75, 3.05) is 0 Å². The van der Waals surface area contributed by atoms with Gasteiger partial charge in [-0.2, -0.15) is 0 Å². The lowest BCUT2D eigenvalue weighted by Crippen LogP contribution is -2.02. The molecule has 0 saturated carbocycles. The second-order valence-electron chi connectivity index (χ2n) is 5.47. The summed E-state index contributed by atoms with van der Waals surface area (Å²) in [6.45, 7) is 13.1. The van der Waals surface area contributed by atoms with E-state index in [-0.39, 0.29) is 0 Å². The van der Waals surface area contributed by atoms with Gasteiger partial charge in [-0.25, -0.2) is 0 Å². The van der Waals surface area contributed by atoms with Crippen molar-refractivity contribution in [2.45, 2.75) is 47.5 Å². The molecule has 0 aromatic heterocycles. The third-order valence-corrected chi connectivity index (χ3v) is 3.86. The lowest BCUT2D eigenvalue weighted by molar-refractivity contribution is 0.535. The molecule has 0 spiro atoms. The molecule has 108 valence electrons. The van der Waals surface area contributed by atoms with E-state index >= 15 is 0 Å². The van der Waals surface area contributed by atoms with Gasteiger partial charge in [0, 0.05) is 0 Å². The highest BCUT2D eigenvalue weighted by Gasteiger charge is 2.11. The van der Waals surface area contributed by atoms with Crippen molar-refractivity contribution < 1.29 is 0 Å². The largest absolute Gasteiger partial charge is 0.0683 e. The van der Waals surface area contributed by atoms with Crippen LogP contribution in [-0.2, 0) is 0 Å². The Hall–Kier alpha value is -1.56. The highest BCUT2D eigenvalue weighted by Crippen LogP contribution is 2.29. The van der Waals surface area contributed by atoms with E-state index in [4.69, 9.17) is 0 Å². The minimum absolute atomic E-state index is 0.619. The van der Waals surface area contributed by atoms with Crippen LogP contribution in [0.25, 0.3) is 11.1 Å². The third kappa shape index (κ3) is 3.96. The zero-order chi connectivity index (χ0) is 15.1. The smallest absolute Gasteiger partial charge is 0.0155 e. The molecule has 0 heteroatoms. The summed E-state index contributed by atoms with van der Waals surface area (Å²) in [6, 6.07) is 17.5. The zero-order valence-corrected chi connectivity index (χ0v) is 13.8. The minimum atomic E-state index is 0.619. The molecule has 2 aromatic rings. The van der Waals surface area contributed by atoms with Gasteiger partial charge in [-0.1, -0.05) is 83.1 Å². The molecule has 1 atom stereocenters. The predicted molar refractivity (Wildman–Crippen MR) is 91.2 cm³/mol. The molecule has 0 aliphatic carbocycles. The van der Waals surface area contributed by atoms with Crippen LogP contribution >= 0.6 is 0 Å². The van der Waals surface area contributed by atoms with E-state index in [2.05, 4.69) is 76.2 Å². The first-order valence-electron chi connectivity index (χ1n) is 7.75. The molecule has 0 amide bonds. The van der Waals surface area contributed by atoms with Gasteiger partial charge in [-0.05, 0) is 41.0 Å². The fourth-order valence-corrected chi connectivity index (χ4v) is 2.30. The Bertz CT molecular complexity index is 509. The van der Waals surface area contributed by atoms with Crippen molar-refractivity contribution in [1.82, 2.24) is 0 Å². The lowest BCUT2D eigenvalue weighted by atomic mass is 9.87. The Labute approximate surface area is 124 Å². The highest BCUT2D eigenvalue weighted by molar-refractivity contribution is 5.67. The quantitative estimate of drug-likeness (QED) is 0.600. The summed E-state index contributed by atoms with van der Waals surface area (Å²) in [7, 11) is 0. The molecule has 0 nitrogen and oxygen atoms in total. The molecule has 2 aromatic carbocycles. The molecule has 20 heavy (non-hydrogen) atoms. The summed E-state index contributed by atoms with van der Waals surface area (Å²) in [5, 5.41) is 0. The van der Waals surface area contributed by atoms with Gasteiger partial charge in [-0.3, -0.25) is 0 Å². The maximum atomic E-state index is 2.34. The Kier molecular flexibility index (Phi) is 6.51. The number of hydrogen-bond donors (Lipinski definition) is 0. The zero-order valence-electron chi connectivity index (χ0n) is 13.8. The predicted octanol–water partition coefficient (Wildman–Crippen LogP) is 6.45. The third-order valence-electron chi connectivity index (χ3n) is 3.86. The molecular formula is C20H28. The van der Waals surface area contributed by atoms with E-state index < -0.39 is 0 Å². The summed E-state index contributed by atoms with van der Waals surface area (Å²) in [5.41, 5.74) is 5.46. The van der Waals surface area contributed by atoms with Crippen LogP contribution in [0.2, 0.25) is 0 Å². The van der Waals surface area contributed by atoms with E-state index in [1.54, 1.807) is 0 Å². The average molecular weight is 268 g/mol. The van der Waals surface area contributed by atoms with Crippen LogP contribution in [0, 0.1) is 12.8 Å². The summed E-state index contributed by atoms with van der Waals surface area (Å²) < 4.78 is 0. The lowest BCUT2D eigenvalue weighted by Gasteiger charge is -2.18. The molecule has 0 fully saturated rings. The average Bonchev–Trinajstić information content (AvgIpc) is 2.49. The SMILES string of the molecule is CC.Cc1cc(C(C)C(C)C)ccc1-c1ccccc1. The molecule has 0 heterocycles. The molecule has 0 radical (unpaired) electrons. The molecule has 2 rings (SSSR count). The van der Waals surface area contributed by atoms with Crippen molar-refractivity contribution in [1.29, 1.82) is 0 Å². The van der Waals surface area contributed by atoms with E-state index in [0.29, 0.717) is 11.8 Å². The first-order chi connectivity index (χ1) is 9.59. The van der Waals surface area contributed by atoms with Gasteiger partial charge in [0.2, 0.25) is 0 Å². The van der Waals surface area contributed by atoms with Gasteiger partial charge in [0.05, 0.1) is 0 Å². The minimum Gasteiger partial charge on any atom is -0.0683 e. The van der Waals surface area contributed by atoms with Crippen molar-refractivity contribution in [3.8, 4) is 11.1 Å². The molecule has 0 bridgehead atoms. The topological polar surface area (TPSA) is 0 Å². The second kappa shape index (κ2) is 7.89. The van der Waals surface area contributed by atoms with E-state index in [1.165, 1.54) is 22.3 Å². The van der Waals surface area contributed by atoms with Gasteiger partial charge in [-0.15, -0.1) is 0 Å². The van der Waals surface area contributed by atoms with Crippen LogP contribution < -0.4 is 0 Å². The van der Waals surface area contributed by atoms with Gasteiger partial charge in [0.25, 0.3) is 0 Å². The van der Waals surface area contributed by atoms with Crippen LogP contribution in [0.15, 0.2) is 48.5 Å². The fourth-order valence-electron chi connectivity index (χ4n) is 2.30. The Morgan fingerprint density at radius 3 is 1.90 bits per heavy atom. The van der Waals surface area contributed by atoms with E-state index in [9.17, 15) is 0 Å². The summed E-state index contributed by atoms with van der Waals surface area (Å²) in [5.74, 6) is 1.31. The summed E-state index contributed by atoms with van der Waals surface area (Å²) in [4.78, 5) is 0. The molecule has 0 aliphatic rings. The normalized spacial score (nSPS) is 11.8. The number of rotatable bonds is 3. The van der Waals surface area contributed by atoms with Crippen molar-refractivity contribution >= 4 is 0 Å². The van der Waals surface area contributed by atoms with Gasteiger partial charge < -0.3 is 0 Å². The maximum absolute atomic E-state index is 2.34. The van der Waals surface area contributed by atoms with Gasteiger partial charge in [0.15, 0.2) is 0 Å². The number of benzene rings is 2. The first kappa shape index (κ1) is 16.5. The molecule has 1 unspecified atom stereocenters. The van der Waals surface area contributed by atoms with Gasteiger partial charge in [0.1, 0.15) is 0 Å². The van der Waals surface area contributed by atoms with Crippen LogP contribution in [0.1, 0.15) is 51.7 Å². The standard InChI is InChI=1S/C18H22.C2H6/c1-13(2)15(4)17-10-11-18(14(3)12-17)16-8-6-5-7-9-16;1-2/h5-13,15H,1-4H3;1-2H3. The van der Waals surface area contributed by atoms with Crippen molar-refractivity contribution in [2.24, 2.45) is 5.92 Å². The number of aryl methyl sites for hydroxylation is 1. The Balaban J connectivity index is 0.000000956. The molecule has 0 saturated heterocycles. The van der Waals surface area contributed by atoms with E-state index in [1.807, 2.05) is 13.8 Å².